The second-order valence-corrected chi connectivity index (χ2v) is 13.6. The summed E-state index contributed by atoms with van der Waals surface area (Å²) in [5.74, 6) is -0.290. The van der Waals surface area contributed by atoms with E-state index in [1.54, 1.807) is 4.57 Å². The highest BCUT2D eigenvalue weighted by Gasteiger charge is 2.49. The molecule has 1 aliphatic heterocycles. The summed E-state index contributed by atoms with van der Waals surface area (Å²) in [5, 5.41) is 10.8. The molecule has 2 aromatic rings. The van der Waals surface area contributed by atoms with Gasteiger partial charge in [0.2, 0.25) is 0 Å². The smallest absolute Gasteiger partial charge is 0.303 e. The van der Waals surface area contributed by atoms with Crippen molar-refractivity contribution in [2.75, 3.05) is 12.3 Å². The van der Waals surface area contributed by atoms with Gasteiger partial charge in [0, 0.05) is 6.92 Å². The van der Waals surface area contributed by atoms with Gasteiger partial charge in [-0.3, -0.25) is 9.36 Å². The maximum Gasteiger partial charge on any atom is 0.303 e. The van der Waals surface area contributed by atoms with Crippen molar-refractivity contribution >= 4 is 31.3 Å². The lowest BCUT2D eigenvalue weighted by molar-refractivity contribution is -0.155. The first-order chi connectivity index (χ1) is 13.4. The van der Waals surface area contributed by atoms with Gasteiger partial charge in [0.1, 0.15) is 24.1 Å². The molecule has 3 N–H and O–H groups in total. The van der Waals surface area contributed by atoms with E-state index in [1.807, 2.05) is 0 Å². The van der Waals surface area contributed by atoms with Crippen molar-refractivity contribution in [2.45, 2.75) is 70.4 Å². The van der Waals surface area contributed by atoms with E-state index in [0.717, 1.165) is 0 Å². The first-order valence-corrected chi connectivity index (χ1v) is 12.4. The number of carbonyl (C=O) groups excluding carboxylic acids is 1. The van der Waals surface area contributed by atoms with Crippen LogP contribution in [0.2, 0.25) is 18.1 Å². The van der Waals surface area contributed by atoms with Gasteiger partial charge in [0.15, 0.2) is 32.1 Å². The number of hydrogen-bond acceptors (Lipinski definition) is 9. The molecule has 0 unspecified atom stereocenters. The van der Waals surface area contributed by atoms with Crippen LogP contribution in [0.4, 0.5) is 5.82 Å². The van der Waals surface area contributed by atoms with Gasteiger partial charge in [-0.05, 0) is 18.1 Å². The summed E-state index contributed by atoms with van der Waals surface area (Å²) >= 11 is 0. The molecule has 4 atom stereocenters. The van der Waals surface area contributed by atoms with Crippen molar-refractivity contribution in [3.05, 3.63) is 12.7 Å². The number of imidazole rings is 1. The molecule has 0 aliphatic carbocycles. The van der Waals surface area contributed by atoms with Crippen LogP contribution >= 0.6 is 0 Å². The average molecular weight is 424 g/mol. The predicted octanol–water partition coefficient (Wildman–Crippen LogP) is 1.62. The minimum absolute atomic E-state index is 0.0141. The molecule has 1 fully saturated rings. The fraction of sp³-hybridized carbons (Fsp3) is 0.667. The third kappa shape index (κ3) is 4.13. The Morgan fingerprint density at radius 2 is 2.03 bits per heavy atom. The summed E-state index contributed by atoms with van der Waals surface area (Å²) in [6.07, 6.45) is -0.684. The van der Waals surface area contributed by atoms with Crippen LogP contribution in [0.3, 0.4) is 0 Å². The number of aliphatic hydroxyl groups excluding tert-OH is 1. The summed E-state index contributed by atoms with van der Waals surface area (Å²) in [6.45, 7) is 12.1. The van der Waals surface area contributed by atoms with Gasteiger partial charge in [-0.25, -0.2) is 15.0 Å². The minimum atomic E-state index is -2.05. The molecule has 160 valence electrons. The van der Waals surface area contributed by atoms with E-state index in [0.29, 0.717) is 11.2 Å². The molecule has 0 spiro atoms. The van der Waals surface area contributed by atoms with Crippen molar-refractivity contribution < 1.29 is 23.8 Å². The SMILES string of the molecule is CC(=O)O[C@@H]1[C@H](O)[C@@H](CO[Si](C)(C)C(C)(C)C)O[C@H]1n1cnc2c(N)ncnc21. The van der Waals surface area contributed by atoms with Gasteiger partial charge in [0.05, 0.1) is 12.9 Å². The Bertz CT molecular complexity index is 896. The van der Waals surface area contributed by atoms with Gasteiger partial charge >= 0.3 is 5.97 Å². The summed E-state index contributed by atoms with van der Waals surface area (Å²) < 4.78 is 19.3. The molecule has 3 heterocycles. The van der Waals surface area contributed by atoms with Crippen LogP contribution in [-0.2, 0) is 18.7 Å². The van der Waals surface area contributed by atoms with Crippen molar-refractivity contribution in [3.63, 3.8) is 0 Å². The molecule has 1 saturated heterocycles. The molecule has 0 amide bonds. The Labute approximate surface area is 170 Å². The van der Waals surface area contributed by atoms with E-state index in [4.69, 9.17) is 19.6 Å². The van der Waals surface area contributed by atoms with Gasteiger partial charge in [-0.2, -0.15) is 0 Å². The highest BCUT2D eigenvalue weighted by atomic mass is 28.4. The van der Waals surface area contributed by atoms with Crippen LogP contribution in [-0.4, -0.2) is 63.8 Å². The van der Waals surface area contributed by atoms with E-state index in [9.17, 15) is 9.90 Å². The molecule has 2 aromatic heterocycles. The number of aromatic nitrogens is 4. The normalized spacial score (nSPS) is 25.5. The number of hydrogen-bond donors (Lipinski definition) is 2. The van der Waals surface area contributed by atoms with Crippen LogP contribution < -0.4 is 5.73 Å². The van der Waals surface area contributed by atoms with Gasteiger partial charge < -0.3 is 24.7 Å². The van der Waals surface area contributed by atoms with E-state index in [-0.39, 0.29) is 17.5 Å². The maximum atomic E-state index is 11.6. The van der Waals surface area contributed by atoms with Crippen LogP contribution in [0.15, 0.2) is 12.7 Å². The number of rotatable bonds is 5. The Kier molecular flexibility index (Phi) is 5.69. The highest BCUT2D eigenvalue weighted by molar-refractivity contribution is 6.74. The van der Waals surface area contributed by atoms with Crippen molar-refractivity contribution in [2.24, 2.45) is 0 Å². The summed E-state index contributed by atoms with van der Waals surface area (Å²) in [4.78, 5) is 24.0. The topological polar surface area (TPSA) is 135 Å². The molecule has 29 heavy (non-hydrogen) atoms. The first-order valence-electron chi connectivity index (χ1n) is 9.50. The summed E-state index contributed by atoms with van der Waals surface area (Å²) in [7, 11) is -2.05. The minimum Gasteiger partial charge on any atom is -0.455 e. The third-order valence-electron chi connectivity index (χ3n) is 5.69. The number of anilines is 1. The fourth-order valence-corrected chi connectivity index (χ4v) is 3.98. The quantitative estimate of drug-likeness (QED) is 0.543. The van der Waals surface area contributed by atoms with Crippen molar-refractivity contribution in [3.8, 4) is 0 Å². The lowest BCUT2D eigenvalue weighted by Gasteiger charge is -2.37. The van der Waals surface area contributed by atoms with E-state index in [1.165, 1.54) is 19.6 Å². The first kappa shape index (κ1) is 21.6. The number of nitrogens with zero attached hydrogens (tertiary/aromatic N) is 4. The molecule has 11 heteroatoms. The lowest BCUT2D eigenvalue weighted by atomic mass is 10.1. The number of fused-ring (bicyclic) bond motifs is 1. The Morgan fingerprint density at radius 1 is 1.34 bits per heavy atom. The van der Waals surface area contributed by atoms with Crippen molar-refractivity contribution in [1.29, 1.82) is 0 Å². The fourth-order valence-electron chi connectivity index (χ4n) is 2.96. The molecule has 10 nitrogen and oxygen atoms in total. The Morgan fingerprint density at radius 3 is 2.66 bits per heavy atom. The van der Waals surface area contributed by atoms with Crippen LogP contribution in [0.1, 0.15) is 33.9 Å². The second-order valence-electron chi connectivity index (χ2n) is 8.78. The standard InChI is InChI=1S/C18H29N5O5Si/c1-10(24)27-14-13(25)11(7-26-29(5,6)18(2,3)4)28-17(14)23-9-22-12-15(19)20-8-21-16(12)23/h8-9,11,13-14,17,25H,7H2,1-6H3,(H2,19,20,21)/t11-,13-,14-,17-/m1/s1. The largest absolute Gasteiger partial charge is 0.455 e. The van der Waals surface area contributed by atoms with Crippen LogP contribution in [0.5, 0.6) is 0 Å². The van der Waals surface area contributed by atoms with Gasteiger partial charge in [-0.1, -0.05) is 20.8 Å². The zero-order valence-electron chi connectivity index (χ0n) is 17.6. The average Bonchev–Trinajstić information content (AvgIpc) is 3.15. The second kappa shape index (κ2) is 7.63. The maximum absolute atomic E-state index is 11.6. The number of ether oxygens (including phenoxy) is 2. The monoisotopic (exact) mass is 423 g/mol. The Balaban J connectivity index is 1.88. The summed E-state index contributed by atoms with van der Waals surface area (Å²) in [6, 6.07) is 0. The van der Waals surface area contributed by atoms with Crippen LogP contribution in [0.25, 0.3) is 11.2 Å². The van der Waals surface area contributed by atoms with E-state index < -0.39 is 38.8 Å². The number of nitrogens with two attached hydrogens (primary N) is 1. The molecule has 1 aliphatic rings. The van der Waals surface area contributed by atoms with Crippen LogP contribution in [0, 0.1) is 0 Å². The lowest BCUT2D eigenvalue weighted by Crippen LogP contribution is -2.44. The highest BCUT2D eigenvalue weighted by Crippen LogP contribution is 2.39. The summed E-state index contributed by atoms with van der Waals surface area (Å²) in [5.41, 5.74) is 6.70. The Hall–Kier alpha value is -2.08. The van der Waals surface area contributed by atoms with Crippen molar-refractivity contribution in [1.82, 2.24) is 19.5 Å². The van der Waals surface area contributed by atoms with Gasteiger partial charge in [-0.15, -0.1) is 0 Å². The van der Waals surface area contributed by atoms with E-state index >= 15 is 0 Å². The predicted molar refractivity (Wildman–Crippen MR) is 108 cm³/mol. The van der Waals surface area contributed by atoms with E-state index in [2.05, 4.69) is 48.8 Å². The molecular weight excluding hydrogens is 394 g/mol. The number of esters is 1. The zero-order valence-corrected chi connectivity index (χ0v) is 18.6. The van der Waals surface area contributed by atoms with Gasteiger partial charge in [0.25, 0.3) is 0 Å². The zero-order chi connectivity index (χ0) is 21.6. The molecular formula is C18H29N5O5Si. The number of nitrogen functional groups attached to an aromatic ring is 1. The molecule has 3 rings (SSSR count). The molecule has 0 saturated carbocycles. The molecule has 0 bridgehead atoms. The number of aliphatic hydroxyl groups is 1. The third-order valence-corrected chi connectivity index (χ3v) is 10.2. The number of carbonyl (C=O) groups is 1. The molecule has 0 aromatic carbocycles. The molecule has 0 radical (unpaired) electrons.